The van der Waals surface area contributed by atoms with Crippen LogP contribution < -0.4 is 0 Å². The van der Waals surface area contributed by atoms with Crippen LogP contribution in [0.3, 0.4) is 0 Å². The zero-order chi connectivity index (χ0) is 16.0. The maximum absolute atomic E-state index is 11.7. The Morgan fingerprint density at radius 1 is 1.41 bits per heavy atom. The fourth-order valence-corrected chi connectivity index (χ4v) is 4.58. The molecule has 3 atom stereocenters. The third-order valence-electron chi connectivity index (χ3n) is 6.11. The number of esters is 1. The molecule has 0 unspecified atom stereocenters. The summed E-state index contributed by atoms with van der Waals surface area (Å²) in [6.45, 7) is 12.3. The summed E-state index contributed by atoms with van der Waals surface area (Å²) >= 11 is 0. The van der Waals surface area contributed by atoms with Gasteiger partial charge in [-0.2, -0.15) is 0 Å². The molecular formula is C18H26O4. The van der Waals surface area contributed by atoms with Crippen LogP contribution in [-0.4, -0.2) is 31.6 Å². The van der Waals surface area contributed by atoms with Gasteiger partial charge < -0.3 is 14.2 Å². The van der Waals surface area contributed by atoms with Crippen LogP contribution in [0.25, 0.3) is 0 Å². The summed E-state index contributed by atoms with van der Waals surface area (Å²) < 4.78 is 17.0. The Balaban J connectivity index is 1.91. The maximum atomic E-state index is 11.7. The molecule has 0 aromatic carbocycles. The van der Waals surface area contributed by atoms with Crippen molar-refractivity contribution in [3.05, 3.63) is 24.3 Å². The van der Waals surface area contributed by atoms with Crippen LogP contribution >= 0.6 is 0 Å². The lowest BCUT2D eigenvalue weighted by atomic mass is 9.45. The molecule has 22 heavy (non-hydrogen) atoms. The number of ether oxygens (including phenoxy) is 3. The van der Waals surface area contributed by atoms with Gasteiger partial charge in [-0.1, -0.05) is 32.1 Å². The molecule has 4 heteroatoms. The minimum absolute atomic E-state index is 0.0217. The van der Waals surface area contributed by atoms with Gasteiger partial charge in [-0.3, -0.25) is 0 Å². The van der Waals surface area contributed by atoms with Crippen molar-refractivity contribution < 1.29 is 19.0 Å². The Labute approximate surface area is 132 Å². The third kappa shape index (κ3) is 2.08. The van der Waals surface area contributed by atoms with Crippen molar-refractivity contribution in [2.75, 3.05) is 19.8 Å². The predicted molar refractivity (Wildman–Crippen MR) is 83.1 cm³/mol. The lowest BCUT2D eigenvalue weighted by molar-refractivity contribution is -0.256. The summed E-state index contributed by atoms with van der Waals surface area (Å²) in [6, 6.07) is 0. The lowest BCUT2D eigenvalue weighted by Gasteiger charge is -2.63. The van der Waals surface area contributed by atoms with E-state index >= 15 is 0 Å². The van der Waals surface area contributed by atoms with Gasteiger partial charge in [0.25, 0.3) is 0 Å². The highest BCUT2D eigenvalue weighted by Crippen LogP contribution is 2.67. The molecule has 4 fully saturated rings. The first kappa shape index (κ1) is 15.8. The first-order chi connectivity index (χ1) is 10.4. The largest absolute Gasteiger partial charge is 0.463 e. The third-order valence-corrected chi connectivity index (χ3v) is 6.11. The van der Waals surface area contributed by atoms with Gasteiger partial charge in [0.2, 0.25) is 0 Å². The van der Waals surface area contributed by atoms with Gasteiger partial charge in [0.1, 0.15) is 0 Å². The highest BCUT2D eigenvalue weighted by molar-refractivity contribution is 5.82. The van der Waals surface area contributed by atoms with E-state index in [1.807, 2.05) is 13.0 Å². The lowest BCUT2D eigenvalue weighted by Crippen LogP contribution is -2.60. The maximum Gasteiger partial charge on any atom is 0.330 e. The van der Waals surface area contributed by atoms with E-state index in [1.165, 1.54) is 0 Å². The van der Waals surface area contributed by atoms with Crippen molar-refractivity contribution in [3.63, 3.8) is 0 Å². The SMILES string of the molecule is C=C1[C@@H]2CC[C@@](C)(CC23OCCO3)[C@@]1(C)/C=C/C(=O)OCC. The first-order valence-corrected chi connectivity index (χ1v) is 8.20. The minimum Gasteiger partial charge on any atom is -0.463 e. The quantitative estimate of drug-likeness (QED) is 0.456. The van der Waals surface area contributed by atoms with Gasteiger partial charge >= 0.3 is 5.97 Å². The molecule has 2 bridgehead atoms. The summed E-state index contributed by atoms with van der Waals surface area (Å²) in [4.78, 5) is 11.7. The Bertz CT molecular complexity index is 517. The van der Waals surface area contributed by atoms with E-state index in [9.17, 15) is 4.79 Å². The number of carbonyl (C=O) groups is 1. The van der Waals surface area contributed by atoms with E-state index in [-0.39, 0.29) is 22.7 Å². The van der Waals surface area contributed by atoms with E-state index in [4.69, 9.17) is 14.2 Å². The monoisotopic (exact) mass is 306 g/mol. The zero-order valence-electron chi connectivity index (χ0n) is 13.8. The molecule has 0 radical (unpaired) electrons. The molecular weight excluding hydrogens is 280 g/mol. The van der Waals surface area contributed by atoms with Crippen LogP contribution in [-0.2, 0) is 19.0 Å². The highest BCUT2D eigenvalue weighted by Gasteiger charge is 2.65. The molecule has 1 spiro atoms. The van der Waals surface area contributed by atoms with Crippen molar-refractivity contribution in [3.8, 4) is 0 Å². The summed E-state index contributed by atoms with van der Waals surface area (Å²) in [6.07, 6.45) is 6.53. The zero-order valence-corrected chi connectivity index (χ0v) is 13.8. The van der Waals surface area contributed by atoms with Crippen molar-refractivity contribution >= 4 is 5.97 Å². The van der Waals surface area contributed by atoms with Crippen LogP contribution in [0, 0.1) is 16.7 Å². The van der Waals surface area contributed by atoms with Gasteiger partial charge in [0.05, 0.1) is 19.8 Å². The second kappa shape index (κ2) is 5.20. The normalized spacial score (nSPS) is 39.8. The number of rotatable bonds is 3. The van der Waals surface area contributed by atoms with Crippen molar-refractivity contribution in [1.82, 2.24) is 0 Å². The molecule has 4 nitrogen and oxygen atoms in total. The molecule has 1 heterocycles. The van der Waals surface area contributed by atoms with Crippen LogP contribution in [0.15, 0.2) is 24.3 Å². The molecule has 0 N–H and O–H groups in total. The average Bonchev–Trinajstić information content (AvgIpc) is 2.91. The molecule has 3 saturated carbocycles. The summed E-state index contributed by atoms with van der Waals surface area (Å²) in [5, 5.41) is 0. The van der Waals surface area contributed by atoms with Crippen molar-refractivity contribution in [2.24, 2.45) is 16.7 Å². The molecule has 3 aliphatic carbocycles. The van der Waals surface area contributed by atoms with E-state index in [1.54, 1.807) is 6.08 Å². The first-order valence-electron chi connectivity index (χ1n) is 8.20. The molecule has 0 aromatic rings. The number of fused-ring (bicyclic) bond motifs is 2. The van der Waals surface area contributed by atoms with Crippen LogP contribution in [0.4, 0.5) is 0 Å². The molecule has 1 saturated heterocycles. The van der Waals surface area contributed by atoms with Crippen LogP contribution in [0.2, 0.25) is 0 Å². The Morgan fingerprint density at radius 2 is 2.09 bits per heavy atom. The van der Waals surface area contributed by atoms with Crippen molar-refractivity contribution in [2.45, 2.75) is 45.8 Å². The Kier molecular flexibility index (Phi) is 3.73. The van der Waals surface area contributed by atoms with Crippen LogP contribution in [0.5, 0.6) is 0 Å². The second-order valence-corrected chi connectivity index (χ2v) is 7.15. The molecule has 0 aromatic heterocycles. The van der Waals surface area contributed by atoms with Gasteiger partial charge in [-0.15, -0.1) is 0 Å². The van der Waals surface area contributed by atoms with E-state index in [0.29, 0.717) is 19.8 Å². The Morgan fingerprint density at radius 3 is 2.68 bits per heavy atom. The minimum atomic E-state index is -0.485. The van der Waals surface area contributed by atoms with Gasteiger partial charge in [-0.05, 0) is 25.2 Å². The highest BCUT2D eigenvalue weighted by atomic mass is 16.7. The van der Waals surface area contributed by atoms with Gasteiger partial charge in [0.15, 0.2) is 5.79 Å². The summed E-state index contributed by atoms with van der Waals surface area (Å²) in [5.41, 5.74) is 0.866. The van der Waals surface area contributed by atoms with E-state index in [2.05, 4.69) is 20.4 Å². The van der Waals surface area contributed by atoms with E-state index < -0.39 is 5.79 Å². The number of hydrogen-bond donors (Lipinski definition) is 0. The fraction of sp³-hybridized carbons (Fsp3) is 0.722. The molecule has 0 amide bonds. The fourth-order valence-electron chi connectivity index (χ4n) is 4.58. The van der Waals surface area contributed by atoms with Gasteiger partial charge in [-0.25, -0.2) is 4.79 Å². The molecule has 1 aliphatic heterocycles. The Hall–Kier alpha value is -1.13. The average molecular weight is 306 g/mol. The summed E-state index contributed by atoms with van der Waals surface area (Å²) in [5.74, 6) is -0.570. The number of hydrogen-bond acceptors (Lipinski definition) is 4. The molecule has 122 valence electrons. The number of allylic oxidation sites excluding steroid dienone is 1. The van der Waals surface area contributed by atoms with Crippen LogP contribution in [0.1, 0.15) is 40.0 Å². The molecule has 4 rings (SSSR count). The molecule has 4 aliphatic rings. The number of carbonyl (C=O) groups excluding carboxylic acids is 1. The topological polar surface area (TPSA) is 44.8 Å². The predicted octanol–water partition coefficient (Wildman–Crippen LogP) is 3.23. The van der Waals surface area contributed by atoms with Crippen molar-refractivity contribution in [1.29, 1.82) is 0 Å². The van der Waals surface area contributed by atoms with Gasteiger partial charge in [0, 0.05) is 23.8 Å². The summed E-state index contributed by atoms with van der Waals surface area (Å²) in [7, 11) is 0. The standard InChI is InChI=1S/C18H26O4/c1-5-20-15(19)7-9-17(4)13(2)14-6-8-16(17,3)12-18(14)21-10-11-22-18/h7,9,14H,2,5-6,8,10-12H2,1,3-4H3/b9-7+/t14-,16-,17-/m0/s1. The smallest absolute Gasteiger partial charge is 0.330 e. The second-order valence-electron chi connectivity index (χ2n) is 7.15. The van der Waals surface area contributed by atoms with E-state index in [0.717, 1.165) is 24.8 Å².